The summed E-state index contributed by atoms with van der Waals surface area (Å²) in [5, 5.41) is 32.8. The zero-order valence-corrected chi connectivity index (χ0v) is 21.9. The molecule has 12 heteroatoms. The molecular weight excluding hydrogens is 539 g/mol. The molecule has 1 aliphatic heterocycles. The number of rotatable bonds is 7. The second-order valence-electron chi connectivity index (χ2n) is 7.84. The van der Waals surface area contributed by atoms with Gasteiger partial charge in [-0.3, -0.25) is 4.90 Å². The summed E-state index contributed by atoms with van der Waals surface area (Å²) in [7, 11) is 2.17. The molecule has 0 spiro atoms. The Bertz CT molecular complexity index is 1100. The van der Waals surface area contributed by atoms with Crippen LogP contribution in [0.4, 0.5) is 0 Å². The van der Waals surface area contributed by atoms with Crippen molar-refractivity contribution >= 4 is 47.1 Å². The van der Waals surface area contributed by atoms with Crippen LogP contribution in [-0.2, 0) is 19.2 Å². The van der Waals surface area contributed by atoms with Gasteiger partial charge in [-0.05, 0) is 36.4 Å². The third kappa shape index (κ3) is 13.0. The highest BCUT2D eigenvalue weighted by atomic mass is 35.5. The van der Waals surface area contributed by atoms with Crippen LogP contribution < -0.4 is 0 Å². The summed E-state index contributed by atoms with van der Waals surface area (Å²) in [6, 6.07) is 16.4. The minimum atomic E-state index is -1.26. The van der Waals surface area contributed by atoms with Crippen molar-refractivity contribution in [1.29, 1.82) is 0 Å². The molecule has 0 radical (unpaired) electrons. The van der Waals surface area contributed by atoms with E-state index >= 15 is 0 Å². The van der Waals surface area contributed by atoms with Crippen LogP contribution in [0.25, 0.3) is 0 Å². The molecule has 38 heavy (non-hydrogen) atoms. The number of nitrogens with zero attached hydrogens (tertiary/aromatic N) is 2. The van der Waals surface area contributed by atoms with Crippen LogP contribution in [0.5, 0.6) is 0 Å². The molecular formula is C26H28Cl2N2O8. The molecule has 1 heterocycles. The highest BCUT2D eigenvalue weighted by molar-refractivity contribution is 6.31. The highest BCUT2D eigenvalue weighted by Crippen LogP contribution is 2.34. The molecule has 0 bridgehead atoms. The quantitative estimate of drug-likeness (QED) is 0.364. The predicted molar refractivity (Wildman–Crippen MR) is 143 cm³/mol. The van der Waals surface area contributed by atoms with Gasteiger partial charge in [-0.25, -0.2) is 19.2 Å². The van der Waals surface area contributed by atoms with Gasteiger partial charge in [-0.15, -0.1) is 0 Å². The molecule has 0 aliphatic carbocycles. The number of carboxylic acids is 4. The summed E-state index contributed by atoms with van der Waals surface area (Å²) in [4.78, 5) is 43.1. The topological polar surface area (TPSA) is 156 Å². The standard InChI is InChI=1S/C18H20Cl2N2.2C4H4O4/c1-21-9-11-22(12-10-21)18(14-5-4-6-15(19)13-14)16-7-2-3-8-17(16)20;2*5-3(6)1-2-4(7)8/h2-8,13,18H,9-12H2,1H3;2*1-2H,(H,5,6)(H,7,8)/b;2*2-1+. The summed E-state index contributed by atoms with van der Waals surface area (Å²) in [6.45, 7) is 4.20. The first kappa shape index (κ1) is 32.3. The van der Waals surface area contributed by atoms with E-state index in [0.29, 0.717) is 24.3 Å². The summed E-state index contributed by atoms with van der Waals surface area (Å²) < 4.78 is 0. The van der Waals surface area contributed by atoms with Crippen molar-refractivity contribution < 1.29 is 39.6 Å². The van der Waals surface area contributed by atoms with E-state index in [1.54, 1.807) is 0 Å². The second-order valence-corrected chi connectivity index (χ2v) is 8.68. The molecule has 1 unspecified atom stereocenters. The molecule has 4 N–H and O–H groups in total. The Balaban J connectivity index is 0.000000374. The van der Waals surface area contributed by atoms with Gasteiger partial charge in [0, 0.05) is 60.5 Å². The maximum Gasteiger partial charge on any atom is 0.328 e. The molecule has 0 aromatic heterocycles. The van der Waals surface area contributed by atoms with Crippen molar-refractivity contribution in [2.24, 2.45) is 0 Å². The van der Waals surface area contributed by atoms with Crippen LogP contribution in [0.15, 0.2) is 72.8 Å². The van der Waals surface area contributed by atoms with Crippen LogP contribution in [-0.4, -0.2) is 87.3 Å². The van der Waals surface area contributed by atoms with Gasteiger partial charge in [0.15, 0.2) is 0 Å². The van der Waals surface area contributed by atoms with E-state index in [4.69, 9.17) is 43.6 Å². The maximum absolute atomic E-state index is 9.55. The number of hydrogen-bond acceptors (Lipinski definition) is 6. The Hall–Kier alpha value is -3.70. The van der Waals surface area contributed by atoms with Crippen molar-refractivity contribution in [2.75, 3.05) is 33.2 Å². The average molecular weight is 567 g/mol. The van der Waals surface area contributed by atoms with E-state index in [9.17, 15) is 19.2 Å². The summed E-state index contributed by atoms with van der Waals surface area (Å²) >= 11 is 12.7. The lowest BCUT2D eigenvalue weighted by Crippen LogP contribution is -2.46. The first-order valence-electron chi connectivity index (χ1n) is 11.1. The maximum atomic E-state index is 9.55. The molecule has 2 aromatic carbocycles. The fraction of sp³-hybridized carbons (Fsp3) is 0.231. The lowest BCUT2D eigenvalue weighted by Gasteiger charge is -2.38. The Labute approximate surface area is 229 Å². The van der Waals surface area contributed by atoms with Crippen LogP contribution >= 0.6 is 23.2 Å². The highest BCUT2D eigenvalue weighted by Gasteiger charge is 2.26. The number of carboxylic acid groups (broad SMARTS) is 4. The van der Waals surface area contributed by atoms with Crippen LogP contribution in [0, 0.1) is 0 Å². The van der Waals surface area contributed by atoms with E-state index in [2.05, 4.69) is 35.0 Å². The van der Waals surface area contributed by atoms with Gasteiger partial charge in [0.25, 0.3) is 0 Å². The molecule has 1 atom stereocenters. The number of carbonyl (C=O) groups is 4. The van der Waals surface area contributed by atoms with Gasteiger partial charge in [-0.1, -0.05) is 53.5 Å². The minimum absolute atomic E-state index is 0.154. The Morgan fingerprint density at radius 2 is 1.21 bits per heavy atom. The Morgan fingerprint density at radius 3 is 1.63 bits per heavy atom. The summed E-state index contributed by atoms with van der Waals surface area (Å²) in [5.74, 6) is -5.03. The number of likely N-dealkylation sites (N-methyl/N-ethyl adjacent to an activating group) is 1. The average Bonchev–Trinajstić information content (AvgIpc) is 2.85. The van der Waals surface area contributed by atoms with Gasteiger partial charge in [0.1, 0.15) is 0 Å². The zero-order valence-electron chi connectivity index (χ0n) is 20.4. The molecule has 0 amide bonds. The van der Waals surface area contributed by atoms with Gasteiger partial charge in [0.2, 0.25) is 0 Å². The molecule has 1 saturated heterocycles. The largest absolute Gasteiger partial charge is 0.478 e. The SMILES string of the molecule is CN1CCN(C(c2cccc(Cl)c2)c2ccccc2Cl)CC1.O=C(O)/C=C/C(=O)O.O=C(O)/C=C/C(=O)O. The van der Waals surface area contributed by atoms with Crippen molar-refractivity contribution in [3.63, 3.8) is 0 Å². The molecule has 1 fully saturated rings. The first-order valence-corrected chi connectivity index (χ1v) is 11.9. The number of aliphatic carboxylic acids is 4. The Morgan fingerprint density at radius 1 is 0.737 bits per heavy atom. The predicted octanol–water partition coefficient (Wildman–Crippen LogP) is 3.75. The van der Waals surface area contributed by atoms with E-state index < -0.39 is 23.9 Å². The normalized spacial score (nSPS) is 14.6. The summed E-state index contributed by atoms with van der Waals surface area (Å²) in [6.07, 6.45) is 2.23. The van der Waals surface area contributed by atoms with Gasteiger partial charge in [-0.2, -0.15) is 0 Å². The minimum Gasteiger partial charge on any atom is -0.478 e. The molecule has 204 valence electrons. The number of benzene rings is 2. The molecule has 10 nitrogen and oxygen atoms in total. The molecule has 3 rings (SSSR count). The van der Waals surface area contributed by atoms with Gasteiger partial charge in [0.05, 0.1) is 6.04 Å². The van der Waals surface area contributed by atoms with Crippen LogP contribution in [0.2, 0.25) is 10.0 Å². The lowest BCUT2D eigenvalue weighted by atomic mass is 9.96. The van der Waals surface area contributed by atoms with Gasteiger partial charge < -0.3 is 25.3 Å². The van der Waals surface area contributed by atoms with E-state index in [-0.39, 0.29) is 6.04 Å². The van der Waals surface area contributed by atoms with Gasteiger partial charge >= 0.3 is 23.9 Å². The third-order valence-corrected chi connectivity index (χ3v) is 5.58. The monoisotopic (exact) mass is 566 g/mol. The first-order chi connectivity index (χ1) is 17.9. The molecule has 2 aromatic rings. The zero-order chi connectivity index (χ0) is 28.7. The van der Waals surface area contributed by atoms with E-state index in [0.717, 1.165) is 41.8 Å². The van der Waals surface area contributed by atoms with Crippen LogP contribution in [0.1, 0.15) is 17.2 Å². The lowest BCUT2D eigenvalue weighted by molar-refractivity contribution is -0.134. The number of halogens is 2. The van der Waals surface area contributed by atoms with Crippen molar-refractivity contribution in [2.45, 2.75) is 6.04 Å². The van der Waals surface area contributed by atoms with Crippen molar-refractivity contribution in [3.8, 4) is 0 Å². The smallest absolute Gasteiger partial charge is 0.328 e. The fourth-order valence-electron chi connectivity index (χ4n) is 3.33. The summed E-state index contributed by atoms with van der Waals surface area (Å²) in [5.41, 5.74) is 2.35. The second kappa shape index (κ2) is 16.9. The number of hydrogen-bond donors (Lipinski definition) is 4. The number of piperazine rings is 1. The van der Waals surface area contributed by atoms with Crippen LogP contribution in [0.3, 0.4) is 0 Å². The van der Waals surface area contributed by atoms with Crippen molar-refractivity contribution in [3.05, 3.63) is 94.0 Å². The fourth-order valence-corrected chi connectivity index (χ4v) is 3.76. The van der Waals surface area contributed by atoms with E-state index in [1.165, 1.54) is 5.56 Å². The Kier molecular flexibility index (Phi) is 14.4. The van der Waals surface area contributed by atoms with Crippen molar-refractivity contribution in [1.82, 2.24) is 9.80 Å². The van der Waals surface area contributed by atoms with E-state index in [1.807, 2.05) is 30.3 Å². The third-order valence-electron chi connectivity index (χ3n) is 5.00. The molecule has 0 saturated carbocycles. The molecule has 1 aliphatic rings.